The molecule has 0 unspecified atom stereocenters. The van der Waals surface area contributed by atoms with Crippen LogP contribution >= 0.6 is 23.2 Å². The number of ketones is 2. The molecule has 0 bridgehead atoms. The Morgan fingerprint density at radius 3 is 1.46 bits per heavy atom. The molecule has 17 nitrogen and oxygen atoms in total. The van der Waals surface area contributed by atoms with Crippen molar-refractivity contribution in [2.75, 3.05) is 39.3 Å². The van der Waals surface area contributed by atoms with Crippen molar-refractivity contribution < 1.29 is 43.5 Å². The summed E-state index contributed by atoms with van der Waals surface area (Å²) in [5, 5.41) is 9.31. The fourth-order valence-corrected chi connectivity index (χ4v) is 8.07. The third kappa shape index (κ3) is 9.95. The second-order valence-electron chi connectivity index (χ2n) is 14.9. The summed E-state index contributed by atoms with van der Waals surface area (Å²) in [6.45, 7) is 5.21. The topological polar surface area (TPSA) is 227 Å². The van der Waals surface area contributed by atoms with Crippen molar-refractivity contribution in [2.45, 2.75) is 40.8 Å². The maximum atomic E-state index is 13.0. The number of benzene rings is 2. The van der Waals surface area contributed by atoms with E-state index in [1.165, 1.54) is 34.3 Å². The summed E-state index contributed by atoms with van der Waals surface area (Å²) in [6, 6.07) is 19.6. The molecule has 2 atom stereocenters. The number of aromatic nitrogens is 4. The highest BCUT2D eigenvalue weighted by atomic mass is 35.5. The van der Waals surface area contributed by atoms with Gasteiger partial charge in [0.05, 0.1) is 27.7 Å². The van der Waals surface area contributed by atoms with Gasteiger partial charge in [-0.25, -0.2) is 14.8 Å². The summed E-state index contributed by atoms with van der Waals surface area (Å²) < 4.78 is 0. The summed E-state index contributed by atoms with van der Waals surface area (Å²) >= 11 is 11.9. The SMILES string of the molecule is C.C.C[C@@H]1CN(C(=O)c2ccccc2)CCN1C(=O)C(=O)c1c[nH]c2c(C(=O)O)cc(Cl)nc12.C[C@@H]1CN(C(=O)c2ccccc2)CCN1C(=O)C(=O)c1c[nH]c2c(C=O)cc(Cl)nc12. The van der Waals surface area contributed by atoms with Crippen LogP contribution < -0.4 is 0 Å². The Hall–Kier alpha value is -7.24. The number of amides is 4. The monoisotopic (exact) mass is 924 g/mol. The van der Waals surface area contributed by atoms with Crippen LogP contribution in [0.1, 0.15) is 90.8 Å². The number of piperazine rings is 2. The maximum Gasteiger partial charge on any atom is 0.338 e. The number of rotatable bonds is 8. The van der Waals surface area contributed by atoms with E-state index >= 15 is 0 Å². The van der Waals surface area contributed by atoms with Crippen LogP contribution in [-0.2, 0) is 9.59 Å². The molecule has 0 saturated carbocycles. The number of carbonyl (C=O) groups excluding carboxylic acids is 7. The van der Waals surface area contributed by atoms with E-state index in [4.69, 9.17) is 23.2 Å². The number of nitrogens with one attached hydrogen (secondary N) is 2. The molecule has 3 N–H and O–H groups in total. The normalized spacial score (nSPS) is 15.8. The summed E-state index contributed by atoms with van der Waals surface area (Å²) in [6.07, 6.45) is 3.23. The molecule has 6 aromatic rings. The molecule has 2 aromatic carbocycles. The first kappa shape index (κ1) is 48.8. The van der Waals surface area contributed by atoms with E-state index in [2.05, 4.69) is 19.9 Å². The largest absolute Gasteiger partial charge is 0.478 e. The molecule has 65 heavy (non-hydrogen) atoms. The fraction of sp³-hybridized carbons (Fsp3) is 0.261. The minimum atomic E-state index is -1.24. The summed E-state index contributed by atoms with van der Waals surface area (Å²) in [5.41, 5.74) is 1.93. The average molecular weight is 926 g/mol. The highest BCUT2D eigenvalue weighted by Crippen LogP contribution is 2.26. The Morgan fingerprint density at radius 1 is 0.631 bits per heavy atom. The zero-order valence-corrected chi connectivity index (χ0v) is 35.2. The lowest BCUT2D eigenvalue weighted by molar-refractivity contribution is -0.130. The number of Topliss-reactive ketones (excluding diaryl/α,β-unsaturated/α-hetero) is 2. The van der Waals surface area contributed by atoms with Crippen molar-refractivity contribution in [3.8, 4) is 0 Å². The minimum absolute atomic E-state index is 0. The molecule has 0 spiro atoms. The van der Waals surface area contributed by atoms with Crippen LogP contribution in [0.4, 0.5) is 0 Å². The fourth-order valence-electron chi connectivity index (χ4n) is 7.67. The van der Waals surface area contributed by atoms with Gasteiger partial charge in [-0.05, 0) is 50.2 Å². The number of hydrogen-bond acceptors (Lipinski definition) is 10. The van der Waals surface area contributed by atoms with E-state index < -0.39 is 29.4 Å². The number of hydrogen-bond donors (Lipinski definition) is 3. The van der Waals surface area contributed by atoms with E-state index in [9.17, 15) is 43.5 Å². The summed E-state index contributed by atoms with van der Waals surface area (Å²) in [5.74, 6) is -4.47. The number of carboxylic acid groups (broad SMARTS) is 1. The molecule has 0 radical (unpaired) electrons. The van der Waals surface area contributed by atoms with Crippen LogP contribution in [0.2, 0.25) is 10.3 Å². The lowest BCUT2D eigenvalue weighted by Gasteiger charge is -2.39. The number of carboxylic acids is 1. The van der Waals surface area contributed by atoms with Gasteiger partial charge in [-0.15, -0.1) is 0 Å². The molecule has 19 heteroatoms. The number of halogens is 2. The minimum Gasteiger partial charge on any atom is -0.478 e. The van der Waals surface area contributed by atoms with Crippen LogP contribution in [0.25, 0.3) is 22.1 Å². The standard InChI is InChI=1S/C22H19ClN4O5.C22H19ClN4O4.2CH4/c1-12-11-26(20(29)13-5-3-2-4-6-13)7-8-27(12)21(30)19(28)15-10-24-17-14(22(31)32)9-16(23)25-18(15)17;1-13-11-26(21(30)14-5-3-2-4-6-14)7-8-27(13)22(31)20(29)16-10-24-18-15(12-28)9-17(23)25-19(16)18;;/h2-6,9-10,12,24H,7-8,11H2,1H3,(H,31,32);2-6,9-10,12-13,24H,7-8,11H2,1H3;2*1H4/t12-;13-;;/m11../s1. The predicted molar refractivity (Wildman–Crippen MR) is 244 cm³/mol. The zero-order valence-electron chi connectivity index (χ0n) is 33.7. The predicted octanol–water partition coefficient (Wildman–Crippen LogP) is 6.33. The molecule has 2 aliphatic heterocycles. The zero-order chi connectivity index (χ0) is 45.1. The van der Waals surface area contributed by atoms with Crippen LogP contribution in [0, 0.1) is 0 Å². The van der Waals surface area contributed by atoms with Gasteiger partial charge in [0.2, 0.25) is 0 Å². The van der Waals surface area contributed by atoms with E-state index in [0.717, 1.165) is 0 Å². The lowest BCUT2D eigenvalue weighted by atomic mass is 10.1. The van der Waals surface area contributed by atoms with Crippen LogP contribution in [0.3, 0.4) is 0 Å². The Morgan fingerprint density at radius 2 is 1.05 bits per heavy atom. The molecule has 8 rings (SSSR count). The van der Waals surface area contributed by atoms with E-state index in [1.54, 1.807) is 72.2 Å². The van der Waals surface area contributed by atoms with Crippen molar-refractivity contribution in [3.05, 3.63) is 129 Å². The second-order valence-corrected chi connectivity index (χ2v) is 15.7. The van der Waals surface area contributed by atoms with E-state index in [-0.39, 0.29) is 114 Å². The summed E-state index contributed by atoms with van der Waals surface area (Å²) in [7, 11) is 0. The highest BCUT2D eigenvalue weighted by Gasteiger charge is 2.36. The molecule has 4 amide bonds. The van der Waals surface area contributed by atoms with Gasteiger partial charge >= 0.3 is 5.97 Å². The molecular weight excluding hydrogens is 879 g/mol. The van der Waals surface area contributed by atoms with Gasteiger partial charge < -0.3 is 34.7 Å². The van der Waals surface area contributed by atoms with Crippen molar-refractivity contribution in [3.63, 3.8) is 0 Å². The number of H-pyrrole nitrogens is 2. The summed E-state index contributed by atoms with van der Waals surface area (Å²) in [4.78, 5) is 120. The molecule has 338 valence electrons. The number of nitrogens with zero attached hydrogens (tertiary/aromatic N) is 6. The molecular formula is C46H46Cl2N8O9. The smallest absolute Gasteiger partial charge is 0.338 e. The third-order valence-electron chi connectivity index (χ3n) is 10.9. The first-order valence-corrected chi connectivity index (χ1v) is 20.4. The van der Waals surface area contributed by atoms with Gasteiger partial charge in [0.15, 0.2) is 6.29 Å². The van der Waals surface area contributed by atoms with E-state index in [0.29, 0.717) is 36.0 Å². The molecule has 4 aromatic heterocycles. The average Bonchev–Trinajstić information content (AvgIpc) is 3.92. The first-order chi connectivity index (χ1) is 30.2. The maximum absolute atomic E-state index is 13.0. The first-order valence-electron chi connectivity index (χ1n) is 19.6. The Bertz CT molecular complexity index is 2810. The number of aromatic amines is 2. The van der Waals surface area contributed by atoms with Crippen molar-refractivity contribution in [1.29, 1.82) is 0 Å². The van der Waals surface area contributed by atoms with Crippen LogP contribution in [-0.4, -0.2) is 143 Å². The van der Waals surface area contributed by atoms with Crippen molar-refractivity contribution in [1.82, 2.24) is 39.5 Å². The third-order valence-corrected chi connectivity index (χ3v) is 11.3. The van der Waals surface area contributed by atoms with Gasteiger partial charge in [-0.1, -0.05) is 74.5 Å². The number of carbonyl (C=O) groups is 8. The number of pyridine rings is 2. The number of aromatic carboxylic acids is 1. The lowest BCUT2D eigenvalue weighted by Crippen LogP contribution is -2.56. The Kier molecular flexibility index (Phi) is 15.4. The van der Waals surface area contributed by atoms with Gasteiger partial charge in [0.1, 0.15) is 21.3 Å². The molecule has 2 aliphatic rings. The molecule has 0 aliphatic carbocycles. The van der Waals surface area contributed by atoms with E-state index in [1.807, 2.05) is 12.1 Å². The molecule has 2 fully saturated rings. The van der Waals surface area contributed by atoms with Crippen molar-refractivity contribution in [2.24, 2.45) is 0 Å². The van der Waals surface area contributed by atoms with Gasteiger partial charge in [0.25, 0.3) is 35.2 Å². The molecule has 2 saturated heterocycles. The van der Waals surface area contributed by atoms with Crippen LogP contribution in [0.5, 0.6) is 0 Å². The molecule has 6 heterocycles. The Labute approximate surface area is 383 Å². The number of fused-ring (bicyclic) bond motifs is 2. The number of aldehydes is 1. The van der Waals surface area contributed by atoms with Gasteiger partial charge in [-0.3, -0.25) is 33.6 Å². The van der Waals surface area contributed by atoms with Crippen LogP contribution in [0.15, 0.2) is 85.2 Å². The van der Waals surface area contributed by atoms with Crippen molar-refractivity contribution >= 4 is 92.7 Å². The van der Waals surface area contributed by atoms with Gasteiger partial charge in [0, 0.05) is 80.4 Å². The Balaban J connectivity index is 0.000000237. The highest BCUT2D eigenvalue weighted by molar-refractivity contribution is 6.45. The second kappa shape index (κ2) is 20.5. The van der Waals surface area contributed by atoms with Gasteiger partial charge in [-0.2, -0.15) is 0 Å². The quantitative estimate of drug-likeness (QED) is 0.0662.